The number of halogens is 2. The normalized spacial score (nSPS) is 12.0. The minimum atomic E-state index is -0.457. The molecule has 0 radical (unpaired) electrons. The number of benzene rings is 1. The summed E-state index contributed by atoms with van der Waals surface area (Å²) in [5.41, 5.74) is 0.760. The van der Waals surface area contributed by atoms with E-state index in [4.69, 9.17) is 23.2 Å². The molecule has 8 heteroatoms. The number of nitrogens with zero attached hydrogens (tertiary/aromatic N) is 3. The van der Waals surface area contributed by atoms with Crippen LogP contribution in [0.1, 0.15) is 18.0 Å². The van der Waals surface area contributed by atoms with E-state index >= 15 is 0 Å². The maximum absolute atomic E-state index is 12.6. The van der Waals surface area contributed by atoms with E-state index in [1.54, 1.807) is 36.7 Å². The van der Waals surface area contributed by atoms with Gasteiger partial charge in [0.1, 0.15) is 6.04 Å². The number of aromatic nitrogens is 2. The molecule has 134 valence electrons. The molecule has 6 nitrogen and oxygen atoms in total. The zero-order valence-corrected chi connectivity index (χ0v) is 15.7. The fourth-order valence-electron chi connectivity index (χ4n) is 2.40. The fraction of sp³-hybridized carbons (Fsp3) is 0.353. The van der Waals surface area contributed by atoms with E-state index in [0.29, 0.717) is 29.1 Å². The highest BCUT2D eigenvalue weighted by atomic mass is 35.5. The minimum absolute atomic E-state index is 0.0979. The van der Waals surface area contributed by atoms with Gasteiger partial charge in [-0.25, -0.2) is 9.97 Å². The Kier molecular flexibility index (Phi) is 7.43. The second kappa shape index (κ2) is 9.56. The molecule has 1 aromatic heterocycles. The van der Waals surface area contributed by atoms with Crippen LogP contribution < -0.4 is 10.6 Å². The average molecular weight is 382 g/mol. The summed E-state index contributed by atoms with van der Waals surface area (Å²) in [4.78, 5) is 22.5. The molecule has 0 aliphatic carbocycles. The summed E-state index contributed by atoms with van der Waals surface area (Å²) in [5, 5.41) is 7.06. The highest BCUT2D eigenvalue weighted by molar-refractivity contribution is 6.34. The SMILES string of the molecule is CN(C)[C@H](C(=O)NCCCNc1ncccn1)c1cc(Cl)cc(Cl)c1. The predicted molar refractivity (Wildman–Crippen MR) is 101 cm³/mol. The van der Waals surface area contributed by atoms with E-state index < -0.39 is 6.04 Å². The number of carbonyl (C=O) groups is 1. The van der Waals surface area contributed by atoms with Gasteiger partial charge in [0.05, 0.1) is 0 Å². The Hall–Kier alpha value is -1.89. The van der Waals surface area contributed by atoms with Crippen LogP contribution in [0.25, 0.3) is 0 Å². The van der Waals surface area contributed by atoms with Crippen LogP contribution in [0, 0.1) is 0 Å². The third kappa shape index (κ3) is 6.16. The third-order valence-corrected chi connectivity index (χ3v) is 3.90. The van der Waals surface area contributed by atoms with Crippen molar-refractivity contribution in [2.45, 2.75) is 12.5 Å². The highest BCUT2D eigenvalue weighted by Crippen LogP contribution is 2.26. The minimum Gasteiger partial charge on any atom is -0.354 e. The van der Waals surface area contributed by atoms with Gasteiger partial charge < -0.3 is 10.6 Å². The molecule has 0 aliphatic rings. The van der Waals surface area contributed by atoms with E-state index in [1.165, 1.54) is 0 Å². The summed E-state index contributed by atoms with van der Waals surface area (Å²) in [5.74, 6) is 0.479. The van der Waals surface area contributed by atoms with Crippen molar-refractivity contribution >= 4 is 35.1 Å². The first kappa shape index (κ1) is 19.4. The standard InChI is InChI=1S/C17H21Cl2N5O/c1-24(2)15(12-9-13(18)11-14(19)10-12)16(25)20-5-3-6-21-17-22-7-4-8-23-17/h4,7-11,15H,3,5-6H2,1-2H3,(H,20,25)(H,21,22,23)/t15-/m0/s1. The quantitative estimate of drug-likeness (QED) is 0.687. The van der Waals surface area contributed by atoms with Gasteiger partial charge in [-0.05, 0) is 50.3 Å². The van der Waals surface area contributed by atoms with Crippen molar-refractivity contribution in [3.8, 4) is 0 Å². The van der Waals surface area contributed by atoms with Gasteiger partial charge in [0, 0.05) is 35.5 Å². The molecule has 1 amide bonds. The van der Waals surface area contributed by atoms with E-state index in [0.717, 1.165) is 12.0 Å². The second-order valence-corrected chi connectivity index (χ2v) is 6.59. The summed E-state index contributed by atoms with van der Waals surface area (Å²) < 4.78 is 0. The lowest BCUT2D eigenvalue weighted by Crippen LogP contribution is -2.37. The zero-order chi connectivity index (χ0) is 18.2. The Morgan fingerprint density at radius 2 is 1.76 bits per heavy atom. The fourth-order valence-corrected chi connectivity index (χ4v) is 2.95. The first-order chi connectivity index (χ1) is 12.0. The topological polar surface area (TPSA) is 70.2 Å². The van der Waals surface area contributed by atoms with Crippen LogP contribution in [0.15, 0.2) is 36.7 Å². The molecule has 25 heavy (non-hydrogen) atoms. The highest BCUT2D eigenvalue weighted by Gasteiger charge is 2.23. The number of amides is 1. The number of anilines is 1. The van der Waals surface area contributed by atoms with Crippen molar-refractivity contribution in [1.82, 2.24) is 20.2 Å². The lowest BCUT2D eigenvalue weighted by Gasteiger charge is -2.24. The molecule has 0 saturated heterocycles. The lowest BCUT2D eigenvalue weighted by molar-refractivity contribution is -0.125. The monoisotopic (exact) mass is 381 g/mol. The Bertz CT molecular complexity index is 676. The summed E-state index contributed by atoms with van der Waals surface area (Å²) in [6.45, 7) is 1.21. The number of carbonyl (C=O) groups excluding carboxylic acids is 1. The molecule has 2 N–H and O–H groups in total. The largest absolute Gasteiger partial charge is 0.354 e. The molecule has 0 aliphatic heterocycles. The van der Waals surface area contributed by atoms with Gasteiger partial charge in [-0.1, -0.05) is 23.2 Å². The van der Waals surface area contributed by atoms with E-state index in [9.17, 15) is 4.79 Å². The zero-order valence-electron chi connectivity index (χ0n) is 14.2. The van der Waals surface area contributed by atoms with Crippen molar-refractivity contribution in [1.29, 1.82) is 0 Å². The van der Waals surface area contributed by atoms with Gasteiger partial charge >= 0.3 is 0 Å². The Balaban J connectivity index is 1.86. The Labute approximate surface area is 157 Å². The first-order valence-corrected chi connectivity index (χ1v) is 8.64. The molecular formula is C17H21Cl2N5O. The maximum Gasteiger partial charge on any atom is 0.241 e. The maximum atomic E-state index is 12.6. The van der Waals surface area contributed by atoms with Crippen LogP contribution in [0.5, 0.6) is 0 Å². The van der Waals surface area contributed by atoms with Gasteiger partial charge in [0.25, 0.3) is 0 Å². The van der Waals surface area contributed by atoms with Gasteiger partial charge in [-0.3, -0.25) is 9.69 Å². The van der Waals surface area contributed by atoms with Crippen LogP contribution >= 0.6 is 23.2 Å². The summed E-state index contributed by atoms with van der Waals surface area (Å²) in [7, 11) is 3.68. The number of likely N-dealkylation sites (N-methyl/N-ethyl adjacent to an activating group) is 1. The smallest absolute Gasteiger partial charge is 0.241 e. The molecule has 0 saturated carbocycles. The molecule has 1 aromatic carbocycles. The summed E-state index contributed by atoms with van der Waals surface area (Å²) >= 11 is 12.1. The van der Waals surface area contributed by atoms with Crippen LogP contribution in [-0.2, 0) is 4.79 Å². The molecule has 2 rings (SSSR count). The van der Waals surface area contributed by atoms with Crippen molar-refractivity contribution in [3.63, 3.8) is 0 Å². The van der Waals surface area contributed by atoms with Gasteiger partial charge in [0.2, 0.25) is 11.9 Å². The van der Waals surface area contributed by atoms with E-state index in [2.05, 4.69) is 20.6 Å². The predicted octanol–water partition coefficient (Wildman–Crippen LogP) is 3.00. The molecule has 0 spiro atoms. The Morgan fingerprint density at radius 1 is 1.12 bits per heavy atom. The Morgan fingerprint density at radius 3 is 2.36 bits per heavy atom. The van der Waals surface area contributed by atoms with Crippen molar-refractivity contribution in [2.24, 2.45) is 0 Å². The van der Waals surface area contributed by atoms with Crippen LogP contribution in [0.2, 0.25) is 10.0 Å². The molecular weight excluding hydrogens is 361 g/mol. The summed E-state index contributed by atoms with van der Waals surface area (Å²) in [6.07, 6.45) is 4.10. The molecule has 1 heterocycles. The second-order valence-electron chi connectivity index (χ2n) is 5.71. The summed E-state index contributed by atoms with van der Waals surface area (Å²) in [6, 6.07) is 6.46. The number of nitrogens with one attached hydrogen (secondary N) is 2. The average Bonchev–Trinajstić information content (AvgIpc) is 2.54. The van der Waals surface area contributed by atoms with E-state index in [1.807, 2.05) is 19.0 Å². The van der Waals surface area contributed by atoms with Crippen molar-refractivity contribution in [2.75, 3.05) is 32.5 Å². The van der Waals surface area contributed by atoms with Crippen molar-refractivity contribution in [3.05, 3.63) is 52.3 Å². The molecule has 0 fully saturated rings. The van der Waals surface area contributed by atoms with E-state index in [-0.39, 0.29) is 5.91 Å². The number of hydrogen-bond acceptors (Lipinski definition) is 5. The third-order valence-electron chi connectivity index (χ3n) is 3.47. The molecule has 1 atom stereocenters. The molecule has 0 unspecified atom stereocenters. The number of rotatable bonds is 8. The van der Waals surface area contributed by atoms with Gasteiger partial charge in [-0.15, -0.1) is 0 Å². The first-order valence-electron chi connectivity index (χ1n) is 7.88. The lowest BCUT2D eigenvalue weighted by atomic mass is 10.1. The molecule has 2 aromatic rings. The molecule has 0 bridgehead atoms. The van der Waals surface area contributed by atoms with Crippen molar-refractivity contribution < 1.29 is 4.79 Å². The number of hydrogen-bond donors (Lipinski definition) is 2. The van der Waals surface area contributed by atoms with Crippen LogP contribution in [0.3, 0.4) is 0 Å². The van der Waals surface area contributed by atoms with Gasteiger partial charge in [-0.2, -0.15) is 0 Å². The van der Waals surface area contributed by atoms with Gasteiger partial charge in [0.15, 0.2) is 0 Å². The van der Waals surface area contributed by atoms with Crippen LogP contribution in [0.4, 0.5) is 5.95 Å². The van der Waals surface area contributed by atoms with Crippen LogP contribution in [-0.4, -0.2) is 48.0 Å².